The molecule has 0 radical (unpaired) electrons. The van der Waals surface area contributed by atoms with E-state index in [-0.39, 0.29) is 6.42 Å². The largest absolute Gasteiger partial charge is 0.479 e. The maximum Gasteiger partial charge on any atom is 0.330 e. The van der Waals surface area contributed by atoms with Crippen LogP contribution in [-0.4, -0.2) is 40.8 Å². The lowest BCUT2D eigenvalue weighted by Gasteiger charge is -2.20. The second-order valence-corrected chi connectivity index (χ2v) is 4.75. The van der Waals surface area contributed by atoms with Gasteiger partial charge in [-0.25, -0.2) is 9.59 Å². The highest BCUT2D eigenvalue weighted by molar-refractivity contribution is 6.18. The Balaban J connectivity index is 2.74. The maximum atomic E-state index is 11.9. The van der Waals surface area contributed by atoms with Gasteiger partial charge in [0.15, 0.2) is 6.04 Å². The molecule has 0 heterocycles. The molecular weight excluding hydrogens is 296 g/mol. The van der Waals surface area contributed by atoms with E-state index < -0.39 is 23.9 Å². The third-order valence-electron chi connectivity index (χ3n) is 2.85. The minimum absolute atomic E-state index is 0.135. The predicted octanol–water partition coefficient (Wildman–Crippen LogP) is 2.00. The number of imide groups is 1. The first kappa shape index (κ1) is 17.0. The molecule has 1 unspecified atom stereocenters. The summed E-state index contributed by atoms with van der Waals surface area (Å²) in [6.07, 6.45) is 0.593. The third-order valence-corrected chi connectivity index (χ3v) is 3.12. The number of carboxylic acid groups (broad SMARTS) is 1. The fourth-order valence-electron chi connectivity index (χ4n) is 1.65. The van der Waals surface area contributed by atoms with Crippen molar-refractivity contribution < 1.29 is 19.5 Å². The van der Waals surface area contributed by atoms with Crippen LogP contribution >= 0.6 is 11.6 Å². The van der Waals surface area contributed by atoms with E-state index in [0.29, 0.717) is 17.9 Å². The molecule has 0 saturated carbocycles. The summed E-state index contributed by atoms with van der Waals surface area (Å²) in [6.45, 7) is 0. The highest BCUT2D eigenvalue weighted by atomic mass is 35.5. The van der Waals surface area contributed by atoms with Crippen molar-refractivity contribution in [2.75, 3.05) is 12.9 Å². The molecule has 0 aromatic heterocycles. The van der Waals surface area contributed by atoms with E-state index in [2.05, 4.69) is 5.32 Å². The standard InChI is InChI=1S/C14H17ClN2O4/c1-17(11(18)8-5-9-15)14(21)16-12(13(19)20)10-6-3-2-4-7-10/h2-4,6-7,12H,5,8-9H2,1H3,(H,16,21)(H,19,20). The summed E-state index contributed by atoms with van der Waals surface area (Å²) in [5, 5.41) is 11.5. The molecule has 1 atom stereocenters. The number of urea groups is 1. The summed E-state index contributed by atoms with van der Waals surface area (Å²) in [5.41, 5.74) is 0.431. The molecule has 0 spiro atoms. The van der Waals surface area contributed by atoms with Crippen LogP contribution in [0.2, 0.25) is 0 Å². The number of carbonyl (C=O) groups excluding carboxylic acids is 2. The highest BCUT2D eigenvalue weighted by Gasteiger charge is 2.25. The summed E-state index contributed by atoms with van der Waals surface area (Å²) in [6, 6.07) is 6.31. The first-order valence-corrected chi connectivity index (χ1v) is 6.91. The van der Waals surface area contributed by atoms with Gasteiger partial charge in [0.05, 0.1) is 0 Å². The van der Waals surface area contributed by atoms with Gasteiger partial charge < -0.3 is 10.4 Å². The second kappa shape index (κ2) is 8.26. The zero-order valence-corrected chi connectivity index (χ0v) is 12.3. The number of nitrogens with zero attached hydrogens (tertiary/aromatic N) is 1. The summed E-state index contributed by atoms with van der Waals surface area (Å²) < 4.78 is 0. The monoisotopic (exact) mass is 312 g/mol. The van der Waals surface area contributed by atoms with Crippen LogP contribution in [0.1, 0.15) is 24.4 Å². The van der Waals surface area contributed by atoms with Crippen molar-refractivity contribution in [1.82, 2.24) is 10.2 Å². The van der Waals surface area contributed by atoms with E-state index in [0.717, 1.165) is 4.90 Å². The first-order valence-electron chi connectivity index (χ1n) is 6.38. The van der Waals surface area contributed by atoms with Crippen LogP contribution in [0, 0.1) is 0 Å². The molecule has 0 fully saturated rings. The number of halogens is 1. The Morgan fingerprint density at radius 1 is 1.29 bits per heavy atom. The molecule has 7 heteroatoms. The van der Waals surface area contributed by atoms with Crippen molar-refractivity contribution in [2.45, 2.75) is 18.9 Å². The molecule has 1 aromatic rings. The molecule has 114 valence electrons. The van der Waals surface area contributed by atoms with Crippen molar-refractivity contribution in [3.63, 3.8) is 0 Å². The molecule has 0 bridgehead atoms. The molecule has 2 N–H and O–H groups in total. The molecule has 1 aromatic carbocycles. The molecule has 1 rings (SSSR count). The number of hydrogen-bond acceptors (Lipinski definition) is 3. The lowest BCUT2D eigenvalue weighted by molar-refractivity contribution is -0.139. The number of carbonyl (C=O) groups is 3. The van der Waals surface area contributed by atoms with Gasteiger partial charge in [-0.2, -0.15) is 0 Å². The van der Waals surface area contributed by atoms with Crippen LogP contribution in [0.3, 0.4) is 0 Å². The van der Waals surface area contributed by atoms with Gasteiger partial charge in [-0.15, -0.1) is 11.6 Å². The Morgan fingerprint density at radius 3 is 2.43 bits per heavy atom. The van der Waals surface area contributed by atoms with Crippen molar-refractivity contribution in [1.29, 1.82) is 0 Å². The van der Waals surface area contributed by atoms with Gasteiger partial charge in [-0.3, -0.25) is 9.69 Å². The molecule has 21 heavy (non-hydrogen) atoms. The van der Waals surface area contributed by atoms with Crippen LogP contribution in [-0.2, 0) is 9.59 Å². The molecule has 3 amide bonds. The van der Waals surface area contributed by atoms with Crippen molar-refractivity contribution in [2.24, 2.45) is 0 Å². The Morgan fingerprint density at radius 2 is 1.90 bits per heavy atom. The maximum absolute atomic E-state index is 11.9. The number of alkyl halides is 1. The van der Waals surface area contributed by atoms with E-state index in [1.807, 2.05) is 0 Å². The predicted molar refractivity (Wildman–Crippen MR) is 78.1 cm³/mol. The Kier molecular flexibility index (Phi) is 6.68. The molecule has 0 aliphatic carbocycles. The van der Waals surface area contributed by atoms with Crippen molar-refractivity contribution in [3.8, 4) is 0 Å². The van der Waals surface area contributed by atoms with Gasteiger partial charge in [0.1, 0.15) is 0 Å². The Labute approximate surface area is 127 Å². The molecule has 0 aliphatic rings. The van der Waals surface area contributed by atoms with Gasteiger partial charge in [0.2, 0.25) is 5.91 Å². The number of hydrogen-bond donors (Lipinski definition) is 2. The zero-order chi connectivity index (χ0) is 15.8. The highest BCUT2D eigenvalue weighted by Crippen LogP contribution is 2.13. The van der Waals surface area contributed by atoms with Gasteiger partial charge in [-0.05, 0) is 12.0 Å². The van der Waals surface area contributed by atoms with E-state index >= 15 is 0 Å². The normalized spacial score (nSPS) is 11.5. The smallest absolute Gasteiger partial charge is 0.330 e. The number of aliphatic carboxylic acids is 1. The van der Waals surface area contributed by atoms with Crippen LogP contribution in [0.25, 0.3) is 0 Å². The van der Waals surface area contributed by atoms with Gasteiger partial charge in [0, 0.05) is 19.3 Å². The Hall–Kier alpha value is -2.08. The lowest BCUT2D eigenvalue weighted by Crippen LogP contribution is -2.44. The van der Waals surface area contributed by atoms with E-state index in [9.17, 15) is 19.5 Å². The molecular formula is C14H17ClN2O4. The topological polar surface area (TPSA) is 86.7 Å². The van der Waals surface area contributed by atoms with Crippen LogP contribution in [0.15, 0.2) is 30.3 Å². The molecule has 6 nitrogen and oxygen atoms in total. The van der Waals surface area contributed by atoms with Crippen LogP contribution in [0.5, 0.6) is 0 Å². The fourth-order valence-corrected chi connectivity index (χ4v) is 1.79. The first-order chi connectivity index (χ1) is 9.97. The van der Waals surface area contributed by atoms with Gasteiger partial charge in [0.25, 0.3) is 0 Å². The van der Waals surface area contributed by atoms with Crippen molar-refractivity contribution >= 4 is 29.5 Å². The number of rotatable bonds is 6. The zero-order valence-electron chi connectivity index (χ0n) is 11.6. The van der Waals surface area contributed by atoms with E-state index in [1.165, 1.54) is 7.05 Å². The SMILES string of the molecule is CN(C(=O)CCCCl)C(=O)NC(C(=O)O)c1ccccc1. The molecule has 0 saturated heterocycles. The minimum atomic E-state index is -1.21. The summed E-state index contributed by atoms with van der Waals surface area (Å²) in [5.74, 6) is -1.29. The number of carboxylic acids is 1. The quantitative estimate of drug-likeness (QED) is 0.787. The summed E-state index contributed by atoms with van der Waals surface area (Å²) in [4.78, 5) is 35.8. The van der Waals surface area contributed by atoms with E-state index in [1.54, 1.807) is 30.3 Å². The number of benzene rings is 1. The van der Waals surface area contributed by atoms with Crippen molar-refractivity contribution in [3.05, 3.63) is 35.9 Å². The van der Waals surface area contributed by atoms with Gasteiger partial charge >= 0.3 is 12.0 Å². The van der Waals surface area contributed by atoms with Crippen LogP contribution < -0.4 is 5.32 Å². The minimum Gasteiger partial charge on any atom is -0.479 e. The average Bonchev–Trinajstić information content (AvgIpc) is 2.49. The fraction of sp³-hybridized carbons (Fsp3) is 0.357. The average molecular weight is 313 g/mol. The van der Waals surface area contributed by atoms with E-state index in [4.69, 9.17) is 11.6 Å². The van der Waals surface area contributed by atoms with Gasteiger partial charge in [-0.1, -0.05) is 30.3 Å². The van der Waals surface area contributed by atoms with Crippen LogP contribution in [0.4, 0.5) is 4.79 Å². The number of nitrogens with one attached hydrogen (secondary N) is 1. The summed E-state index contributed by atoms with van der Waals surface area (Å²) in [7, 11) is 1.30. The summed E-state index contributed by atoms with van der Waals surface area (Å²) >= 11 is 5.49. The third kappa shape index (κ3) is 5.07. The second-order valence-electron chi connectivity index (χ2n) is 4.38. The number of amides is 3. The molecule has 0 aliphatic heterocycles. The Bertz CT molecular complexity index is 507. The lowest BCUT2D eigenvalue weighted by atomic mass is 10.1.